The van der Waals surface area contributed by atoms with Gasteiger partial charge in [0.2, 0.25) is 0 Å². The number of nitrogens with one attached hydrogen (secondary N) is 1. The van der Waals surface area contributed by atoms with Gasteiger partial charge in [0.05, 0.1) is 17.9 Å². The first-order chi connectivity index (χ1) is 7.24. The number of fused-ring (bicyclic) bond motifs is 1. The average molecular weight is 219 g/mol. The van der Waals surface area contributed by atoms with Crippen molar-refractivity contribution in [3.05, 3.63) is 23.0 Å². The molecular formula is C11H13N3S. The highest BCUT2D eigenvalue weighted by Gasteiger charge is 2.14. The molecular weight excluding hydrogens is 206 g/mol. The lowest BCUT2D eigenvalue weighted by Gasteiger charge is -2.11. The van der Waals surface area contributed by atoms with Gasteiger partial charge in [0, 0.05) is 17.6 Å². The van der Waals surface area contributed by atoms with E-state index in [0.717, 1.165) is 10.7 Å². The maximum absolute atomic E-state index is 5.23. The Morgan fingerprint density at radius 3 is 3.27 bits per heavy atom. The molecule has 0 bridgehead atoms. The third kappa shape index (κ3) is 1.76. The molecule has 0 aliphatic heterocycles. The zero-order valence-electron chi connectivity index (χ0n) is 8.82. The van der Waals surface area contributed by atoms with Gasteiger partial charge < -0.3 is 0 Å². The van der Waals surface area contributed by atoms with Gasteiger partial charge in [-0.2, -0.15) is 0 Å². The zero-order valence-corrected chi connectivity index (χ0v) is 9.64. The van der Waals surface area contributed by atoms with Crippen LogP contribution >= 0.6 is 11.3 Å². The highest BCUT2D eigenvalue weighted by molar-refractivity contribution is 7.15. The van der Waals surface area contributed by atoms with E-state index in [-0.39, 0.29) is 6.04 Å². The molecule has 1 unspecified atom stereocenters. The molecule has 0 amide bonds. The number of rotatable bonds is 3. The van der Waals surface area contributed by atoms with Crippen molar-refractivity contribution in [1.82, 2.24) is 14.7 Å². The van der Waals surface area contributed by atoms with Gasteiger partial charge in [0.25, 0.3) is 0 Å². The van der Waals surface area contributed by atoms with E-state index >= 15 is 0 Å². The highest BCUT2D eigenvalue weighted by atomic mass is 32.1. The van der Waals surface area contributed by atoms with Gasteiger partial charge in [0.1, 0.15) is 0 Å². The molecule has 0 saturated heterocycles. The Kier molecular flexibility index (Phi) is 2.76. The molecule has 78 valence electrons. The summed E-state index contributed by atoms with van der Waals surface area (Å²) in [5, 5.41) is 5.31. The minimum Gasteiger partial charge on any atom is -0.298 e. The summed E-state index contributed by atoms with van der Waals surface area (Å²) < 4.78 is 2.12. The first-order valence-electron chi connectivity index (χ1n) is 4.83. The van der Waals surface area contributed by atoms with E-state index in [4.69, 9.17) is 6.42 Å². The summed E-state index contributed by atoms with van der Waals surface area (Å²) in [7, 11) is 0. The quantitative estimate of drug-likeness (QED) is 0.800. The molecule has 15 heavy (non-hydrogen) atoms. The fourth-order valence-electron chi connectivity index (χ4n) is 1.74. The van der Waals surface area contributed by atoms with Crippen LogP contribution in [0.1, 0.15) is 24.4 Å². The summed E-state index contributed by atoms with van der Waals surface area (Å²) in [4.78, 5) is 5.53. The molecule has 0 spiro atoms. The van der Waals surface area contributed by atoms with Gasteiger partial charge in [0.15, 0.2) is 4.96 Å². The summed E-state index contributed by atoms with van der Waals surface area (Å²) >= 11 is 1.65. The molecule has 2 heterocycles. The van der Waals surface area contributed by atoms with Gasteiger partial charge in [-0.1, -0.05) is 5.92 Å². The molecule has 2 rings (SSSR count). The molecule has 0 saturated carbocycles. The van der Waals surface area contributed by atoms with Crippen LogP contribution in [-0.4, -0.2) is 15.9 Å². The van der Waals surface area contributed by atoms with E-state index < -0.39 is 0 Å². The molecule has 0 aliphatic carbocycles. The topological polar surface area (TPSA) is 29.3 Å². The Balaban J connectivity index is 2.37. The lowest BCUT2D eigenvalue weighted by Crippen LogP contribution is -2.20. The van der Waals surface area contributed by atoms with Crippen molar-refractivity contribution >= 4 is 16.3 Å². The number of nitrogens with zero attached hydrogens (tertiary/aromatic N) is 2. The number of hydrogen-bond donors (Lipinski definition) is 1. The number of thiazole rings is 1. The minimum absolute atomic E-state index is 0.227. The third-order valence-electron chi connectivity index (χ3n) is 2.40. The Labute approximate surface area is 93.1 Å². The first kappa shape index (κ1) is 10.2. The van der Waals surface area contributed by atoms with Crippen LogP contribution in [0.4, 0.5) is 0 Å². The predicted octanol–water partition coefficient (Wildman–Crippen LogP) is 1.99. The van der Waals surface area contributed by atoms with Gasteiger partial charge in [-0.15, -0.1) is 17.8 Å². The summed E-state index contributed by atoms with van der Waals surface area (Å²) in [5.74, 6) is 2.58. The maximum Gasteiger partial charge on any atom is 0.194 e. The monoisotopic (exact) mass is 219 g/mol. The van der Waals surface area contributed by atoms with Gasteiger partial charge in [-0.25, -0.2) is 4.98 Å². The molecule has 2 aromatic heterocycles. The maximum atomic E-state index is 5.23. The van der Waals surface area contributed by atoms with Crippen molar-refractivity contribution in [3.8, 4) is 12.3 Å². The molecule has 1 atom stereocenters. The number of terminal acetylenes is 1. The Hall–Kier alpha value is -1.31. The van der Waals surface area contributed by atoms with Crippen molar-refractivity contribution in [1.29, 1.82) is 0 Å². The normalized spacial score (nSPS) is 12.9. The van der Waals surface area contributed by atoms with Crippen LogP contribution in [0, 0.1) is 19.3 Å². The Bertz CT molecular complexity index is 503. The molecule has 0 aromatic carbocycles. The first-order valence-corrected chi connectivity index (χ1v) is 5.71. The van der Waals surface area contributed by atoms with E-state index in [1.54, 1.807) is 11.3 Å². The zero-order chi connectivity index (χ0) is 10.8. The van der Waals surface area contributed by atoms with Crippen LogP contribution in [0.25, 0.3) is 4.96 Å². The summed E-state index contributed by atoms with van der Waals surface area (Å²) in [6, 6.07) is 0.227. The van der Waals surface area contributed by atoms with Crippen molar-refractivity contribution in [2.24, 2.45) is 0 Å². The fraction of sp³-hybridized carbons (Fsp3) is 0.364. The molecule has 1 N–H and O–H groups in total. The predicted molar refractivity (Wildman–Crippen MR) is 63.1 cm³/mol. The van der Waals surface area contributed by atoms with Gasteiger partial charge in [-0.3, -0.25) is 9.72 Å². The van der Waals surface area contributed by atoms with E-state index in [1.165, 1.54) is 5.69 Å². The summed E-state index contributed by atoms with van der Waals surface area (Å²) in [5.41, 5.74) is 2.26. The number of hydrogen-bond acceptors (Lipinski definition) is 3. The average Bonchev–Trinajstić information content (AvgIpc) is 2.73. The van der Waals surface area contributed by atoms with Gasteiger partial charge in [-0.05, 0) is 13.8 Å². The molecule has 4 heteroatoms. The second kappa shape index (κ2) is 4.05. The van der Waals surface area contributed by atoms with Crippen LogP contribution in [0.5, 0.6) is 0 Å². The van der Waals surface area contributed by atoms with Crippen molar-refractivity contribution < 1.29 is 0 Å². The largest absolute Gasteiger partial charge is 0.298 e. The van der Waals surface area contributed by atoms with Crippen molar-refractivity contribution in [3.63, 3.8) is 0 Å². The van der Waals surface area contributed by atoms with Crippen LogP contribution in [0.3, 0.4) is 0 Å². The Morgan fingerprint density at radius 1 is 1.73 bits per heavy atom. The molecule has 0 radical (unpaired) electrons. The van der Waals surface area contributed by atoms with Crippen LogP contribution < -0.4 is 5.32 Å². The number of aryl methyl sites for hydroxylation is 1. The smallest absolute Gasteiger partial charge is 0.194 e. The molecule has 3 nitrogen and oxygen atoms in total. The Morgan fingerprint density at radius 2 is 2.53 bits per heavy atom. The minimum atomic E-state index is 0.227. The van der Waals surface area contributed by atoms with Crippen LogP contribution in [-0.2, 0) is 0 Å². The van der Waals surface area contributed by atoms with Crippen molar-refractivity contribution in [2.75, 3.05) is 6.54 Å². The van der Waals surface area contributed by atoms with Crippen molar-refractivity contribution in [2.45, 2.75) is 19.9 Å². The second-order valence-electron chi connectivity index (χ2n) is 3.44. The van der Waals surface area contributed by atoms with E-state index in [0.29, 0.717) is 6.54 Å². The molecule has 2 aromatic rings. The molecule has 0 fully saturated rings. The lowest BCUT2D eigenvalue weighted by molar-refractivity contribution is 0.598. The fourth-order valence-corrected chi connectivity index (χ4v) is 2.51. The van der Waals surface area contributed by atoms with Gasteiger partial charge >= 0.3 is 0 Å². The second-order valence-corrected chi connectivity index (χ2v) is 4.32. The summed E-state index contributed by atoms with van der Waals surface area (Å²) in [6.45, 7) is 4.71. The highest BCUT2D eigenvalue weighted by Crippen LogP contribution is 2.22. The van der Waals surface area contributed by atoms with Crippen LogP contribution in [0.15, 0.2) is 11.6 Å². The van der Waals surface area contributed by atoms with E-state index in [1.807, 2.05) is 18.5 Å². The standard InChI is InChI=1S/C11H13N3S/c1-4-5-12-8(2)10-9(3)13-11-14(10)6-7-15-11/h1,6-8,12H,5H2,2-3H3. The van der Waals surface area contributed by atoms with E-state index in [2.05, 4.69) is 27.5 Å². The third-order valence-corrected chi connectivity index (χ3v) is 3.16. The number of imidazole rings is 1. The lowest BCUT2D eigenvalue weighted by atomic mass is 10.2. The van der Waals surface area contributed by atoms with Crippen LogP contribution in [0.2, 0.25) is 0 Å². The summed E-state index contributed by atoms with van der Waals surface area (Å²) in [6.07, 6.45) is 7.27. The molecule has 0 aliphatic rings. The van der Waals surface area contributed by atoms with E-state index in [9.17, 15) is 0 Å². The number of aromatic nitrogens is 2. The SMILES string of the molecule is C#CCNC(C)c1c(C)nc2sccn12.